The highest BCUT2D eigenvalue weighted by Gasteiger charge is 2.08. The van der Waals surface area contributed by atoms with Crippen LogP contribution in [0, 0.1) is 5.82 Å². The molecule has 2 N–H and O–H groups in total. The number of carbonyl (C=O) groups excluding carboxylic acids is 1. The number of rotatable bonds is 6. The predicted molar refractivity (Wildman–Crippen MR) is 111 cm³/mol. The van der Waals surface area contributed by atoms with E-state index in [9.17, 15) is 9.18 Å². The lowest BCUT2D eigenvalue weighted by Crippen LogP contribution is -2.20. The van der Waals surface area contributed by atoms with Crippen molar-refractivity contribution in [3.05, 3.63) is 78.6 Å². The van der Waals surface area contributed by atoms with Gasteiger partial charge < -0.3 is 19.8 Å². The van der Waals surface area contributed by atoms with E-state index in [1.54, 1.807) is 43.5 Å². The number of amides is 1. The first-order valence-corrected chi connectivity index (χ1v) is 9.06. The number of benzene rings is 3. The van der Waals surface area contributed by atoms with Gasteiger partial charge in [-0.3, -0.25) is 4.79 Å². The van der Waals surface area contributed by atoms with Crippen LogP contribution in [0.15, 0.2) is 72.8 Å². The van der Waals surface area contributed by atoms with Crippen LogP contribution in [0.4, 0.5) is 10.1 Å². The van der Waals surface area contributed by atoms with E-state index < -0.39 is 0 Å². The third kappa shape index (κ3) is 4.38. The lowest BCUT2D eigenvalue weighted by Gasteiger charge is -2.09. The van der Waals surface area contributed by atoms with Gasteiger partial charge in [0.1, 0.15) is 17.3 Å². The van der Waals surface area contributed by atoms with Crippen molar-refractivity contribution in [1.29, 1.82) is 0 Å². The fraction of sp³-hybridized carbons (Fsp3) is 0.0870. The minimum Gasteiger partial charge on any atom is -0.497 e. The number of hydrogen-bond donors (Lipinski definition) is 2. The van der Waals surface area contributed by atoms with E-state index in [0.717, 1.165) is 27.9 Å². The van der Waals surface area contributed by atoms with Gasteiger partial charge in [0.25, 0.3) is 5.91 Å². The topological polar surface area (TPSA) is 63.4 Å². The summed E-state index contributed by atoms with van der Waals surface area (Å²) < 4.78 is 24.0. The number of nitrogens with one attached hydrogen (secondary N) is 2. The molecule has 0 fully saturated rings. The summed E-state index contributed by atoms with van der Waals surface area (Å²) in [4.78, 5) is 15.5. The average molecular weight is 390 g/mol. The summed E-state index contributed by atoms with van der Waals surface area (Å²) in [6.45, 7) is -0.109. The molecule has 29 heavy (non-hydrogen) atoms. The molecule has 0 bridgehead atoms. The van der Waals surface area contributed by atoms with Gasteiger partial charge in [-0.2, -0.15) is 0 Å². The van der Waals surface area contributed by atoms with Crippen molar-refractivity contribution in [1.82, 2.24) is 4.98 Å². The minimum absolute atomic E-state index is 0.109. The number of methoxy groups -OCH3 is 1. The Morgan fingerprint density at radius 3 is 2.59 bits per heavy atom. The zero-order chi connectivity index (χ0) is 20.2. The van der Waals surface area contributed by atoms with Crippen LogP contribution in [0.25, 0.3) is 22.2 Å². The first kappa shape index (κ1) is 18.6. The molecule has 4 rings (SSSR count). The van der Waals surface area contributed by atoms with E-state index in [1.807, 2.05) is 24.3 Å². The first-order chi connectivity index (χ1) is 14.1. The van der Waals surface area contributed by atoms with Crippen molar-refractivity contribution in [2.75, 3.05) is 19.0 Å². The highest BCUT2D eigenvalue weighted by molar-refractivity contribution is 5.93. The normalized spacial score (nSPS) is 10.7. The van der Waals surface area contributed by atoms with Crippen molar-refractivity contribution in [2.45, 2.75) is 0 Å². The molecule has 0 unspecified atom stereocenters. The van der Waals surface area contributed by atoms with Gasteiger partial charge in [0.05, 0.1) is 7.11 Å². The zero-order valence-electron chi connectivity index (χ0n) is 15.7. The molecular formula is C23H19FN2O3. The predicted octanol–water partition coefficient (Wildman–Crippen LogP) is 5.00. The average Bonchev–Trinajstić information content (AvgIpc) is 3.16. The van der Waals surface area contributed by atoms with Gasteiger partial charge in [-0.15, -0.1) is 0 Å². The third-order valence-corrected chi connectivity index (χ3v) is 4.47. The molecule has 0 aliphatic heterocycles. The van der Waals surface area contributed by atoms with E-state index in [-0.39, 0.29) is 18.3 Å². The number of halogens is 1. The van der Waals surface area contributed by atoms with E-state index in [2.05, 4.69) is 10.3 Å². The van der Waals surface area contributed by atoms with Crippen LogP contribution >= 0.6 is 0 Å². The van der Waals surface area contributed by atoms with Gasteiger partial charge in [-0.1, -0.05) is 12.1 Å². The number of ether oxygens (including phenoxy) is 2. The van der Waals surface area contributed by atoms with E-state index in [1.165, 1.54) is 12.1 Å². The van der Waals surface area contributed by atoms with Crippen LogP contribution in [0.3, 0.4) is 0 Å². The summed E-state index contributed by atoms with van der Waals surface area (Å²) in [6, 6.07) is 20.9. The summed E-state index contributed by atoms with van der Waals surface area (Å²) in [5, 5.41) is 3.62. The Morgan fingerprint density at radius 1 is 1.00 bits per heavy atom. The second kappa shape index (κ2) is 8.06. The molecule has 1 aromatic heterocycles. The molecule has 146 valence electrons. The molecule has 6 heteroatoms. The smallest absolute Gasteiger partial charge is 0.262 e. The van der Waals surface area contributed by atoms with Crippen LogP contribution in [0.1, 0.15) is 0 Å². The van der Waals surface area contributed by atoms with Gasteiger partial charge >= 0.3 is 0 Å². The fourth-order valence-corrected chi connectivity index (χ4v) is 3.04. The molecule has 0 saturated heterocycles. The minimum atomic E-state index is -0.277. The Hall–Kier alpha value is -3.80. The van der Waals surface area contributed by atoms with Crippen LogP contribution in [0.2, 0.25) is 0 Å². The van der Waals surface area contributed by atoms with E-state index in [0.29, 0.717) is 11.4 Å². The van der Waals surface area contributed by atoms with Crippen molar-refractivity contribution < 1.29 is 18.7 Å². The second-order valence-corrected chi connectivity index (χ2v) is 6.51. The van der Waals surface area contributed by atoms with Crippen molar-refractivity contribution in [2.24, 2.45) is 0 Å². The Labute approximate surface area is 167 Å². The molecule has 0 aliphatic rings. The maximum Gasteiger partial charge on any atom is 0.262 e. The van der Waals surface area contributed by atoms with Crippen LogP contribution < -0.4 is 14.8 Å². The summed E-state index contributed by atoms with van der Waals surface area (Å²) in [5.41, 5.74) is 3.23. The monoisotopic (exact) mass is 390 g/mol. The number of H-pyrrole nitrogens is 1. The number of fused-ring (bicyclic) bond motifs is 1. The maximum atomic E-state index is 13.4. The van der Waals surface area contributed by atoms with Crippen molar-refractivity contribution in [3.63, 3.8) is 0 Å². The lowest BCUT2D eigenvalue weighted by atomic mass is 10.1. The third-order valence-electron chi connectivity index (χ3n) is 4.47. The summed E-state index contributed by atoms with van der Waals surface area (Å²) in [5.74, 6) is 0.760. The molecule has 1 heterocycles. The van der Waals surface area contributed by atoms with Crippen LogP contribution in [-0.2, 0) is 4.79 Å². The first-order valence-electron chi connectivity index (χ1n) is 9.06. The largest absolute Gasteiger partial charge is 0.497 e. The van der Waals surface area contributed by atoms with Gasteiger partial charge in [-0.25, -0.2) is 4.39 Å². The number of aromatic nitrogens is 1. The SMILES string of the molecule is COc1ccc(OCC(=O)Nc2cccc(-c3cc4cc(F)ccc4[nH]3)c2)cc1. The molecule has 1 amide bonds. The molecule has 3 aromatic carbocycles. The van der Waals surface area contributed by atoms with Gasteiger partial charge in [0, 0.05) is 27.8 Å². The Morgan fingerprint density at radius 2 is 1.79 bits per heavy atom. The molecule has 0 saturated carbocycles. The molecule has 0 aliphatic carbocycles. The second-order valence-electron chi connectivity index (χ2n) is 6.51. The van der Waals surface area contributed by atoms with Gasteiger partial charge in [-0.05, 0) is 60.7 Å². The number of aromatic amines is 1. The van der Waals surface area contributed by atoms with Gasteiger partial charge in [0.2, 0.25) is 0 Å². The molecular weight excluding hydrogens is 371 g/mol. The lowest BCUT2D eigenvalue weighted by molar-refractivity contribution is -0.118. The maximum absolute atomic E-state index is 13.4. The summed E-state index contributed by atoms with van der Waals surface area (Å²) in [7, 11) is 1.59. The standard InChI is InChI=1S/C23H19FN2O3/c1-28-19-6-8-20(9-7-19)29-14-23(27)25-18-4-2-3-15(12-18)22-13-16-11-17(24)5-10-21(16)26-22/h2-13,26H,14H2,1H3,(H,25,27). The molecule has 4 aromatic rings. The number of anilines is 1. The highest BCUT2D eigenvalue weighted by atomic mass is 19.1. The number of hydrogen-bond acceptors (Lipinski definition) is 3. The molecule has 0 spiro atoms. The Kier molecular flexibility index (Phi) is 5.16. The van der Waals surface area contributed by atoms with Crippen LogP contribution in [-0.4, -0.2) is 24.6 Å². The fourth-order valence-electron chi connectivity index (χ4n) is 3.04. The summed E-state index contributed by atoms with van der Waals surface area (Å²) in [6.07, 6.45) is 0. The Balaban J connectivity index is 1.43. The Bertz CT molecular complexity index is 1150. The van der Waals surface area contributed by atoms with Crippen LogP contribution in [0.5, 0.6) is 11.5 Å². The summed E-state index contributed by atoms with van der Waals surface area (Å²) >= 11 is 0. The quantitative estimate of drug-likeness (QED) is 0.487. The van der Waals surface area contributed by atoms with E-state index in [4.69, 9.17) is 9.47 Å². The van der Waals surface area contributed by atoms with E-state index >= 15 is 0 Å². The van der Waals surface area contributed by atoms with Crippen molar-refractivity contribution in [3.8, 4) is 22.8 Å². The molecule has 5 nitrogen and oxygen atoms in total. The van der Waals surface area contributed by atoms with Crippen molar-refractivity contribution >= 4 is 22.5 Å². The highest BCUT2D eigenvalue weighted by Crippen LogP contribution is 2.26. The molecule has 0 atom stereocenters. The van der Waals surface area contributed by atoms with Gasteiger partial charge in [0.15, 0.2) is 6.61 Å². The molecule has 0 radical (unpaired) electrons. The zero-order valence-corrected chi connectivity index (χ0v) is 15.7. The number of carbonyl (C=O) groups is 1.